The zero-order valence-corrected chi connectivity index (χ0v) is 85.0. The molecule has 10 aliphatic rings. The van der Waals surface area contributed by atoms with Crippen molar-refractivity contribution in [1.29, 1.82) is 0 Å². The second-order valence-corrected chi connectivity index (χ2v) is 43.7. The maximum Gasteiger partial charge on any atom is 0.362 e. The van der Waals surface area contributed by atoms with Gasteiger partial charge in [-0.2, -0.15) is 8.42 Å². The van der Waals surface area contributed by atoms with Crippen molar-refractivity contribution < 1.29 is 155 Å². The lowest BCUT2D eigenvalue weighted by Crippen LogP contribution is -2.71. The third kappa shape index (κ3) is 24.3. The van der Waals surface area contributed by atoms with Crippen LogP contribution in [0, 0.1) is 11.8 Å². The molecular formula is C85H96N22O32S8. The Morgan fingerprint density at radius 3 is 1.76 bits per heavy atom. The fourth-order valence-corrected chi connectivity index (χ4v) is 25.1. The van der Waals surface area contributed by atoms with Gasteiger partial charge in [-0.15, -0.1) is 74.8 Å². The quantitative estimate of drug-likeness (QED) is 0.00598. The Labute approximate surface area is 861 Å². The van der Waals surface area contributed by atoms with Gasteiger partial charge < -0.3 is 119 Å². The number of thioether (sulfide) groups is 5. The molecule has 3 aromatic carbocycles. The molecule has 16 rings (SSSR count). The number of rotatable bonds is 32. The summed E-state index contributed by atoms with van der Waals surface area (Å²) in [5, 5.41) is 122. The molecule has 0 unspecified atom stereocenters. The summed E-state index contributed by atoms with van der Waals surface area (Å²) in [6, 6.07) is 12.5. The number of carbonyl (C=O) groups excluding carboxylic acids is 11. The van der Waals surface area contributed by atoms with Gasteiger partial charge in [0.25, 0.3) is 35.4 Å². The molecular weight excluding hydrogens is 2100 g/mol. The Kier molecular flexibility index (Phi) is 35.0. The smallest absolute Gasteiger partial charge is 0.362 e. The Hall–Kier alpha value is -14.0. The molecule has 147 heavy (non-hydrogen) atoms. The first-order chi connectivity index (χ1) is 69.1. The van der Waals surface area contributed by atoms with E-state index in [4.69, 9.17) is 41.5 Å². The molecule has 786 valence electrons. The fraction of sp³-hybridized carbons (Fsp3) is 0.412. The Morgan fingerprint density at radius 1 is 0.687 bits per heavy atom. The van der Waals surface area contributed by atoms with Crippen LogP contribution >= 0.6 is 81.5 Å². The summed E-state index contributed by atoms with van der Waals surface area (Å²) in [6.07, 6.45) is -1.84. The van der Waals surface area contributed by atoms with Crippen LogP contribution in [0.15, 0.2) is 138 Å². The number of aromatic nitrogens is 6. The predicted octanol–water partition coefficient (Wildman–Crippen LogP) is -1.06. The van der Waals surface area contributed by atoms with Gasteiger partial charge in [-0.05, 0) is 105 Å². The molecule has 54 nitrogen and oxygen atoms in total. The van der Waals surface area contributed by atoms with Crippen molar-refractivity contribution in [2.75, 3.05) is 54.3 Å². The Bertz CT molecular complexity index is 6560. The number of thiazole rings is 2. The van der Waals surface area contributed by atoms with Gasteiger partial charge in [-0.1, -0.05) is 77.5 Å². The second kappa shape index (κ2) is 46.0. The van der Waals surface area contributed by atoms with E-state index in [0.29, 0.717) is 62.5 Å². The van der Waals surface area contributed by atoms with Crippen molar-refractivity contribution in [3.05, 3.63) is 151 Å². The van der Waals surface area contributed by atoms with Crippen LogP contribution in [0.2, 0.25) is 0 Å². The van der Waals surface area contributed by atoms with E-state index < -0.39 is 198 Å². The number of aliphatic hydroxyl groups excluding tert-OH is 2. The summed E-state index contributed by atoms with van der Waals surface area (Å²) in [5.41, 5.74) is 16.7. The van der Waals surface area contributed by atoms with E-state index in [0.717, 1.165) is 27.6 Å². The summed E-state index contributed by atoms with van der Waals surface area (Å²) in [5.74, 6) is -13.8. The molecule has 0 aliphatic carbocycles. The van der Waals surface area contributed by atoms with Crippen LogP contribution in [0.1, 0.15) is 107 Å². The molecule has 0 bridgehead atoms. The summed E-state index contributed by atoms with van der Waals surface area (Å²) in [4.78, 5) is 228. The molecule has 62 heteroatoms. The van der Waals surface area contributed by atoms with E-state index in [-0.39, 0.29) is 101 Å². The monoisotopic (exact) mass is 2190 g/mol. The van der Waals surface area contributed by atoms with Gasteiger partial charge in [0.1, 0.15) is 100 Å². The van der Waals surface area contributed by atoms with Crippen molar-refractivity contribution >= 4 is 220 Å². The van der Waals surface area contributed by atoms with Gasteiger partial charge in [0.05, 0.1) is 35.7 Å². The molecule has 7 fully saturated rings. The number of esters is 1. The number of amides is 10. The summed E-state index contributed by atoms with van der Waals surface area (Å²) in [6.45, 7) is 12.1. The number of carboxylic acid groups (broad SMARTS) is 6. The van der Waals surface area contributed by atoms with Crippen LogP contribution in [-0.2, 0) is 108 Å². The number of nitrogens with one attached hydrogen (secondary N) is 6. The zero-order chi connectivity index (χ0) is 108. The number of aromatic hydroxyl groups is 1. The van der Waals surface area contributed by atoms with Crippen LogP contribution in [0.4, 0.5) is 16.0 Å². The molecule has 7 saturated heterocycles. The maximum absolute atomic E-state index is 12.7. The normalized spacial score (nSPS) is 24.1. The van der Waals surface area contributed by atoms with E-state index in [2.05, 4.69) is 72.5 Å². The number of anilines is 3. The molecule has 0 radical (unpaired) electrons. The van der Waals surface area contributed by atoms with Crippen LogP contribution in [-0.4, -0.2) is 349 Å². The lowest BCUT2D eigenvalue weighted by atomic mass is 9.79. The molecule has 13 heterocycles. The molecule has 10 amide bonds. The lowest BCUT2D eigenvalue weighted by Gasteiger charge is -2.49. The van der Waals surface area contributed by atoms with Crippen LogP contribution < -0.4 is 49.1 Å². The van der Waals surface area contributed by atoms with Crippen LogP contribution in [0.25, 0.3) is 0 Å². The van der Waals surface area contributed by atoms with E-state index in [1.807, 2.05) is 6.92 Å². The predicted molar refractivity (Wildman–Crippen MR) is 523 cm³/mol. The number of phenols is 1. The van der Waals surface area contributed by atoms with Crippen molar-refractivity contribution in [2.45, 2.75) is 165 Å². The number of aryl methyl sites for hydroxylation is 1. The summed E-state index contributed by atoms with van der Waals surface area (Å²) in [7, 11) is -1.82. The number of phenolic OH excluding ortho intramolecular Hbond substituents is 1. The third-order valence-corrected chi connectivity index (χ3v) is 32.9. The highest BCUT2D eigenvalue weighted by atomic mass is 32.2. The number of carboxylic acids is 6. The number of ether oxygens (including phenoxy) is 1. The topological polar surface area (TPSA) is 815 Å². The van der Waals surface area contributed by atoms with Gasteiger partial charge >= 0.3 is 52.1 Å². The van der Waals surface area contributed by atoms with Crippen LogP contribution in [0.5, 0.6) is 5.75 Å². The number of tetrazole rings is 1. The standard InChI is InChI=1S/C22H25N3O7S.C18H18N6O5S2.C16H17N5O7S2.C16H19N3O5S.C13H17N5O8S2/c1-9-16-15(10(2)26)20(28)25(16)17(22(31)32)18(9)33-13-7-14(23-8-13)19(27)24-12-5-3-4-11(6-12)21(29)30;1-23-18(20-21-22-23)31-8-10-7-30-16-11(15(27)24(16)12(10)17(28)29)19-14(26)13(25)9-5-3-2-4-6-9;1-6(22)28-3-7-4-29-14-10(13(24)21(14)11(7)15(25)26)19-12(23)9(20-27-2)8-5-30-16(17)18-8;1-16(2)11(15(23)24)19-13(22)10(14(19)25-16)18-12(21)9(17)7-3-5-8(20)6-4-7;1-5-7(10(20)18(5)28(23,24)25)16-9(19)8(6-4-27-12(14)15-6)17-26-13(2,3)11(21)22/h3-6,9-10,13-16,23,26H,7-8H2,1-2H3,(H,24,27)(H,29,30)(H,31,32);2-6,11,13,16,25H,7-8H2,1H3,(H,19,26)(H,28,29);5,10,14H,3-4H2,1-2H3,(H2,17,18)(H,19,23)(H,25,26);3-6,9-11,14,20H,17H2,1-2H3,(H,18,21)(H,23,24);4-5,7H,1-3H3,(H2,14,15)(H,16,19)(H,21,22)(H,23,24,25)/b;;20-9-;;17-8-/t9-,10-,13+,14+,15-,16-;11-,13-,16-;10-,14-;9-,10-,11+,14-;5-,7-/m11110/s1. The first-order valence-electron chi connectivity index (χ1n) is 43.5. The molecule has 3 aromatic heterocycles. The number of aliphatic hydroxyl groups is 2. The summed E-state index contributed by atoms with van der Waals surface area (Å²) < 4.78 is 37.2. The number of β-lactam (4-membered cyclic amide) rings is 5. The van der Waals surface area contributed by atoms with Gasteiger partial charge in [-0.3, -0.25) is 67.1 Å². The number of nitrogens with two attached hydrogens (primary N) is 3. The van der Waals surface area contributed by atoms with Crippen molar-refractivity contribution in [1.82, 2.24) is 80.7 Å². The van der Waals surface area contributed by atoms with Crippen molar-refractivity contribution in [3.63, 3.8) is 0 Å². The second-order valence-electron chi connectivity index (χ2n) is 34.4. The minimum Gasteiger partial charge on any atom is -0.508 e. The average molecular weight is 2190 g/mol. The number of carbonyl (C=O) groups is 17. The largest absolute Gasteiger partial charge is 0.508 e. The highest BCUT2D eigenvalue weighted by Crippen LogP contribution is 2.54. The number of hydrogen-bond donors (Lipinski definition) is 19. The lowest BCUT2D eigenvalue weighted by molar-refractivity contribution is -0.163. The van der Waals surface area contributed by atoms with E-state index >= 15 is 0 Å². The molecule has 0 spiro atoms. The minimum atomic E-state index is -4.76. The zero-order valence-electron chi connectivity index (χ0n) is 78.5. The number of aromatic carboxylic acids is 1. The molecule has 6 aromatic rings. The number of benzene rings is 3. The van der Waals surface area contributed by atoms with Gasteiger partial charge in [0.15, 0.2) is 27.8 Å². The number of fused-ring (bicyclic) bond motifs is 4. The SMILES string of the molecule is CC1(C)S[C@@H]2[C@H](NC(=O)[C@H](N)c3ccc(O)cc3)C(=O)N2[C@H]1C(=O)O.CO/N=C(\C(=O)N[C@@H]1C(=O)N2C(C(=O)O)=C(COC(C)=O)CS[C@H]12)c1csc(N)n1.C[C@@H](O)[C@H]1C(=O)N2C(C(=O)O)=C(S[C@@H]3CN[C@H](C(=O)Nc4cccc(C(=O)O)c4)C3)[C@H](C)[C@H]12.C[C@H]1[C@H](NC(=O)/C(=N\OC(C)(C)C(=O)O)c2csc(N)n2)C(=O)N1S(=O)(=O)O.Cn1nnnc1SCC1=C(C(=O)O)N2C(=O)[C@@H](NC(=O)[C@H](O)c3ccccc3)[C@H]2SC1. The first-order valence-corrected chi connectivity index (χ1v) is 51.5. The fourth-order valence-electron chi connectivity index (χ4n) is 16.3. The molecule has 22 N–H and O–H groups in total. The van der Waals surface area contributed by atoms with Crippen molar-refractivity contribution in [2.24, 2.45) is 34.9 Å². The Balaban J connectivity index is 0.000000164. The molecule has 17 atom stereocenters. The molecule has 10 aliphatic heterocycles. The number of oxime groups is 2. The number of nitrogen functional groups attached to an aromatic ring is 2. The van der Waals surface area contributed by atoms with E-state index in [1.165, 1.54) is 167 Å². The number of nitrogens with zero attached hydrogens (tertiary/aromatic N) is 13. The Morgan fingerprint density at radius 2 is 1.24 bits per heavy atom. The first kappa shape index (κ1) is 112. The maximum atomic E-state index is 12.7. The summed E-state index contributed by atoms with van der Waals surface area (Å²) >= 11 is 8.68. The third-order valence-electron chi connectivity index (χ3n) is 23.6. The van der Waals surface area contributed by atoms with E-state index in [9.17, 15) is 126 Å². The molecule has 0 saturated carbocycles. The van der Waals surface area contributed by atoms with E-state index in [1.54, 1.807) is 63.4 Å². The van der Waals surface area contributed by atoms with Gasteiger partial charge in [-0.25, -0.2) is 47.7 Å². The average Bonchev–Trinajstić information content (AvgIpc) is 1.55. The number of hydrogen-bond acceptors (Lipinski definition) is 43. The van der Waals surface area contributed by atoms with Gasteiger partial charge in [0.2, 0.25) is 34.4 Å². The number of aliphatic carboxylic acids is 5. The van der Waals surface area contributed by atoms with Crippen LogP contribution in [0.3, 0.4) is 0 Å². The highest BCUT2D eigenvalue weighted by Gasteiger charge is 2.66. The van der Waals surface area contributed by atoms with Crippen molar-refractivity contribution in [3.8, 4) is 5.75 Å². The highest BCUT2D eigenvalue weighted by molar-refractivity contribution is 8.03. The van der Waals surface area contributed by atoms with Gasteiger partial charge in [0, 0.05) is 80.6 Å². The minimum absolute atomic E-state index is 0.0298.